The zero-order valence-corrected chi connectivity index (χ0v) is 11.5. The van der Waals surface area contributed by atoms with Gasteiger partial charge < -0.3 is 15.7 Å². The van der Waals surface area contributed by atoms with Crippen LogP contribution in [0.2, 0.25) is 0 Å². The largest absolute Gasteiger partial charge is 0.396 e. The zero-order valence-electron chi connectivity index (χ0n) is 11.5. The summed E-state index contributed by atoms with van der Waals surface area (Å²) in [5.41, 5.74) is -0.0662. The van der Waals surface area contributed by atoms with E-state index in [1.54, 1.807) is 6.20 Å². The van der Waals surface area contributed by atoms with E-state index in [0.29, 0.717) is 5.95 Å². The maximum absolute atomic E-state index is 9.51. The Morgan fingerprint density at radius 2 is 1.94 bits per heavy atom. The highest BCUT2D eigenvalue weighted by Gasteiger charge is 2.24. The molecule has 0 aliphatic rings. The van der Waals surface area contributed by atoms with E-state index < -0.39 is 0 Å². The molecule has 102 valence electrons. The fourth-order valence-corrected chi connectivity index (χ4v) is 1.76. The van der Waals surface area contributed by atoms with Crippen molar-refractivity contribution < 1.29 is 5.11 Å². The van der Waals surface area contributed by atoms with Gasteiger partial charge in [-0.1, -0.05) is 13.8 Å². The molecule has 0 saturated heterocycles. The SMILES string of the molecule is CCNc1nccc(NCC(CC)(CC)CO)n1. The lowest BCUT2D eigenvalue weighted by Crippen LogP contribution is -2.32. The molecule has 0 atom stereocenters. The Morgan fingerprint density at radius 1 is 1.22 bits per heavy atom. The van der Waals surface area contributed by atoms with Gasteiger partial charge in [0.25, 0.3) is 0 Å². The molecular weight excluding hydrogens is 228 g/mol. The molecule has 0 fully saturated rings. The average Bonchev–Trinajstić information content (AvgIpc) is 2.42. The Labute approximate surface area is 109 Å². The van der Waals surface area contributed by atoms with Crippen LogP contribution in [0.15, 0.2) is 12.3 Å². The van der Waals surface area contributed by atoms with Gasteiger partial charge in [-0.2, -0.15) is 4.98 Å². The van der Waals surface area contributed by atoms with Crippen LogP contribution in [-0.4, -0.2) is 34.8 Å². The molecule has 3 N–H and O–H groups in total. The molecule has 0 bridgehead atoms. The lowest BCUT2D eigenvalue weighted by atomic mass is 9.83. The summed E-state index contributed by atoms with van der Waals surface area (Å²) in [5, 5.41) is 15.9. The molecular formula is C13H24N4O. The van der Waals surface area contributed by atoms with Crippen LogP contribution in [0.4, 0.5) is 11.8 Å². The number of aliphatic hydroxyl groups excluding tert-OH is 1. The molecule has 1 heterocycles. The van der Waals surface area contributed by atoms with Crippen LogP contribution in [0, 0.1) is 5.41 Å². The van der Waals surface area contributed by atoms with Crippen LogP contribution in [-0.2, 0) is 0 Å². The van der Waals surface area contributed by atoms with Gasteiger partial charge in [0.15, 0.2) is 0 Å². The average molecular weight is 252 g/mol. The first kappa shape index (κ1) is 14.7. The van der Waals surface area contributed by atoms with Crippen LogP contribution in [0.3, 0.4) is 0 Å². The quantitative estimate of drug-likeness (QED) is 0.661. The third-order valence-corrected chi connectivity index (χ3v) is 3.47. The van der Waals surface area contributed by atoms with Gasteiger partial charge in [-0.25, -0.2) is 4.98 Å². The van der Waals surface area contributed by atoms with E-state index in [1.807, 2.05) is 13.0 Å². The third kappa shape index (κ3) is 3.84. The van der Waals surface area contributed by atoms with Crippen LogP contribution >= 0.6 is 0 Å². The molecule has 5 nitrogen and oxygen atoms in total. The lowest BCUT2D eigenvalue weighted by Gasteiger charge is -2.29. The lowest BCUT2D eigenvalue weighted by molar-refractivity contribution is 0.127. The highest BCUT2D eigenvalue weighted by atomic mass is 16.3. The van der Waals surface area contributed by atoms with Gasteiger partial charge in [0.2, 0.25) is 5.95 Å². The predicted octanol–water partition coefficient (Wildman–Crippen LogP) is 2.12. The number of anilines is 2. The molecule has 1 rings (SSSR count). The van der Waals surface area contributed by atoms with Crippen molar-refractivity contribution in [2.75, 3.05) is 30.3 Å². The Hall–Kier alpha value is -1.36. The van der Waals surface area contributed by atoms with E-state index in [-0.39, 0.29) is 12.0 Å². The normalized spacial score (nSPS) is 11.3. The van der Waals surface area contributed by atoms with E-state index >= 15 is 0 Å². The topological polar surface area (TPSA) is 70.1 Å². The summed E-state index contributed by atoms with van der Waals surface area (Å²) in [6.07, 6.45) is 3.61. The summed E-state index contributed by atoms with van der Waals surface area (Å²) in [6.45, 7) is 7.93. The first-order chi connectivity index (χ1) is 8.69. The molecule has 0 saturated carbocycles. The van der Waals surface area contributed by atoms with Gasteiger partial charge in [0, 0.05) is 24.7 Å². The van der Waals surface area contributed by atoms with Crippen molar-refractivity contribution in [2.45, 2.75) is 33.6 Å². The first-order valence-corrected chi connectivity index (χ1v) is 6.61. The van der Waals surface area contributed by atoms with Crippen molar-refractivity contribution in [2.24, 2.45) is 5.41 Å². The Morgan fingerprint density at radius 3 is 2.50 bits per heavy atom. The molecule has 0 unspecified atom stereocenters. The van der Waals surface area contributed by atoms with E-state index in [2.05, 4.69) is 34.4 Å². The van der Waals surface area contributed by atoms with Gasteiger partial charge in [0.05, 0.1) is 6.61 Å². The molecule has 1 aromatic heterocycles. The summed E-state index contributed by atoms with van der Waals surface area (Å²) >= 11 is 0. The van der Waals surface area contributed by atoms with E-state index in [0.717, 1.165) is 31.7 Å². The third-order valence-electron chi connectivity index (χ3n) is 3.47. The number of nitrogens with zero attached hydrogens (tertiary/aromatic N) is 2. The van der Waals surface area contributed by atoms with E-state index in [1.165, 1.54) is 0 Å². The monoisotopic (exact) mass is 252 g/mol. The minimum atomic E-state index is -0.0662. The minimum absolute atomic E-state index is 0.0662. The van der Waals surface area contributed by atoms with Crippen molar-refractivity contribution in [3.05, 3.63) is 12.3 Å². The molecule has 18 heavy (non-hydrogen) atoms. The predicted molar refractivity (Wildman–Crippen MR) is 74.8 cm³/mol. The summed E-state index contributed by atoms with van der Waals surface area (Å²) in [6, 6.07) is 1.84. The minimum Gasteiger partial charge on any atom is -0.396 e. The molecule has 0 aliphatic heterocycles. The Balaban J connectivity index is 2.64. The molecule has 0 aromatic carbocycles. The first-order valence-electron chi connectivity index (χ1n) is 6.61. The molecule has 0 spiro atoms. The van der Waals surface area contributed by atoms with Gasteiger partial charge in [0.1, 0.15) is 5.82 Å². The van der Waals surface area contributed by atoms with Gasteiger partial charge in [-0.15, -0.1) is 0 Å². The number of hydrogen-bond acceptors (Lipinski definition) is 5. The van der Waals surface area contributed by atoms with Crippen molar-refractivity contribution in [1.29, 1.82) is 0 Å². The summed E-state index contributed by atoms with van der Waals surface area (Å²) in [7, 11) is 0. The highest BCUT2D eigenvalue weighted by molar-refractivity contribution is 5.39. The standard InChI is InChI=1S/C13H24N4O/c1-4-13(5-2,10-18)9-16-11-7-8-15-12(17-11)14-6-3/h7-8,18H,4-6,9-10H2,1-3H3,(H2,14,15,16,17). The van der Waals surface area contributed by atoms with E-state index in [4.69, 9.17) is 0 Å². The molecule has 0 radical (unpaired) electrons. The number of aliphatic hydroxyl groups is 1. The second-order valence-corrected chi connectivity index (χ2v) is 4.51. The van der Waals surface area contributed by atoms with Crippen LogP contribution in [0.25, 0.3) is 0 Å². The molecule has 5 heteroatoms. The molecule has 0 amide bonds. The van der Waals surface area contributed by atoms with Gasteiger partial charge in [-0.3, -0.25) is 0 Å². The van der Waals surface area contributed by atoms with Crippen LogP contribution in [0.5, 0.6) is 0 Å². The van der Waals surface area contributed by atoms with Crippen LogP contribution < -0.4 is 10.6 Å². The van der Waals surface area contributed by atoms with Gasteiger partial charge in [-0.05, 0) is 25.8 Å². The summed E-state index contributed by atoms with van der Waals surface area (Å²) in [5.74, 6) is 1.42. The second-order valence-electron chi connectivity index (χ2n) is 4.51. The summed E-state index contributed by atoms with van der Waals surface area (Å²) in [4.78, 5) is 8.48. The second kappa shape index (κ2) is 7.16. The fourth-order valence-electron chi connectivity index (χ4n) is 1.76. The molecule has 1 aromatic rings. The van der Waals surface area contributed by atoms with Crippen molar-refractivity contribution >= 4 is 11.8 Å². The highest BCUT2D eigenvalue weighted by Crippen LogP contribution is 2.25. The Bertz CT molecular complexity index is 344. The van der Waals surface area contributed by atoms with Crippen molar-refractivity contribution in [3.8, 4) is 0 Å². The maximum atomic E-state index is 9.51. The van der Waals surface area contributed by atoms with Crippen molar-refractivity contribution in [1.82, 2.24) is 9.97 Å². The van der Waals surface area contributed by atoms with Gasteiger partial charge >= 0.3 is 0 Å². The number of aromatic nitrogens is 2. The number of rotatable bonds is 8. The fraction of sp³-hybridized carbons (Fsp3) is 0.692. The van der Waals surface area contributed by atoms with Crippen molar-refractivity contribution in [3.63, 3.8) is 0 Å². The summed E-state index contributed by atoms with van der Waals surface area (Å²) < 4.78 is 0. The molecule has 0 aliphatic carbocycles. The van der Waals surface area contributed by atoms with E-state index in [9.17, 15) is 5.11 Å². The van der Waals surface area contributed by atoms with Crippen LogP contribution in [0.1, 0.15) is 33.6 Å². The maximum Gasteiger partial charge on any atom is 0.224 e. The number of hydrogen-bond donors (Lipinski definition) is 3. The number of nitrogens with one attached hydrogen (secondary N) is 2. The smallest absolute Gasteiger partial charge is 0.224 e. The Kier molecular flexibility index (Phi) is 5.85. The zero-order chi connectivity index (χ0) is 13.4.